The molecule has 0 spiro atoms. The quantitative estimate of drug-likeness (QED) is 0.865. The first kappa shape index (κ1) is 15.0. The molecule has 1 aromatic carbocycles. The number of hydrogen-bond acceptors (Lipinski definition) is 2. The number of carbonyl (C=O) groups is 1. The summed E-state index contributed by atoms with van der Waals surface area (Å²) in [4.78, 5) is 13.9. The van der Waals surface area contributed by atoms with E-state index in [2.05, 4.69) is 43.4 Å². The topological polar surface area (TPSA) is 32.3 Å². The summed E-state index contributed by atoms with van der Waals surface area (Å²) in [6.45, 7) is 6.01. The Hall–Kier alpha value is -1.35. The highest BCUT2D eigenvalue weighted by Gasteiger charge is 2.28. The third kappa shape index (κ3) is 3.60. The molecule has 2 rings (SSSR count). The van der Waals surface area contributed by atoms with Crippen LogP contribution in [0, 0.1) is 5.92 Å². The zero-order chi connectivity index (χ0) is 14.5. The molecular weight excluding hydrogens is 248 g/mol. The molecule has 1 amide bonds. The van der Waals surface area contributed by atoms with Crippen LogP contribution in [-0.2, 0) is 11.2 Å². The lowest BCUT2D eigenvalue weighted by Gasteiger charge is -2.24. The second-order valence-electron chi connectivity index (χ2n) is 5.94. The van der Waals surface area contributed by atoms with Crippen LogP contribution in [0.15, 0.2) is 24.3 Å². The van der Waals surface area contributed by atoms with Gasteiger partial charge in [-0.1, -0.05) is 44.5 Å². The van der Waals surface area contributed by atoms with Crippen LogP contribution < -0.4 is 5.32 Å². The zero-order valence-electron chi connectivity index (χ0n) is 12.9. The van der Waals surface area contributed by atoms with Crippen molar-refractivity contribution in [3.63, 3.8) is 0 Å². The van der Waals surface area contributed by atoms with Crippen LogP contribution in [0.3, 0.4) is 0 Å². The normalized spacial score (nSPS) is 20.4. The van der Waals surface area contributed by atoms with Gasteiger partial charge in [-0.3, -0.25) is 4.79 Å². The van der Waals surface area contributed by atoms with E-state index in [0.29, 0.717) is 18.2 Å². The third-order valence-corrected chi connectivity index (χ3v) is 4.08. The standard InChI is InChI=1S/C17H26N2O/c1-4-5-14-6-8-15(9-7-14)16(18-3)12-19-11-13(2)10-17(19)20/h6-9,13,16,18H,4-5,10-12H2,1-3H3. The number of likely N-dealkylation sites (N-methyl/N-ethyl adjacent to an activating group) is 1. The molecule has 0 radical (unpaired) electrons. The van der Waals surface area contributed by atoms with Crippen LogP contribution >= 0.6 is 0 Å². The summed E-state index contributed by atoms with van der Waals surface area (Å²) in [6.07, 6.45) is 3.01. The van der Waals surface area contributed by atoms with Gasteiger partial charge in [0.15, 0.2) is 0 Å². The molecule has 1 N–H and O–H groups in total. The van der Waals surface area contributed by atoms with Gasteiger partial charge in [0.1, 0.15) is 0 Å². The Morgan fingerprint density at radius 3 is 2.55 bits per heavy atom. The molecule has 0 aliphatic carbocycles. The van der Waals surface area contributed by atoms with Crippen molar-refractivity contribution in [2.75, 3.05) is 20.1 Å². The minimum Gasteiger partial charge on any atom is -0.340 e. The zero-order valence-corrected chi connectivity index (χ0v) is 12.9. The number of nitrogens with one attached hydrogen (secondary N) is 1. The smallest absolute Gasteiger partial charge is 0.222 e. The van der Waals surface area contributed by atoms with Gasteiger partial charge >= 0.3 is 0 Å². The van der Waals surface area contributed by atoms with Crippen LogP contribution in [-0.4, -0.2) is 30.9 Å². The van der Waals surface area contributed by atoms with Gasteiger partial charge in [-0.05, 0) is 30.5 Å². The van der Waals surface area contributed by atoms with Gasteiger partial charge in [-0.25, -0.2) is 0 Å². The monoisotopic (exact) mass is 274 g/mol. The molecule has 3 heteroatoms. The van der Waals surface area contributed by atoms with Crippen LogP contribution in [0.5, 0.6) is 0 Å². The average Bonchev–Trinajstić information content (AvgIpc) is 2.75. The van der Waals surface area contributed by atoms with E-state index < -0.39 is 0 Å². The van der Waals surface area contributed by atoms with Gasteiger partial charge < -0.3 is 10.2 Å². The van der Waals surface area contributed by atoms with Crippen LogP contribution in [0.1, 0.15) is 43.9 Å². The fourth-order valence-corrected chi connectivity index (χ4v) is 2.94. The highest BCUT2D eigenvalue weighted by molar-refractivity contribution is 5.78. The summed E-state index contributed by atoms with van der Waals surface area (Å²) in [7, 11) is 1.97. The molecule has 1 fully saturated rings. The van der Waals surface area contributed by atoms with Gasteiger partial charge in [0.05, 0.1) is 0 Å². The largest absolute Gasteiger partial charge is 0.340 e. The van der Waals surface area contributed by atoms with E-state index in [-0.39, 0.29) is 6.04 Å². The molecule has 0 saturated carbocycles. The van der Waals surface area contributed by atoms with Crippen LogP contribution in [0.4, 0.5) is 0 Å². The molecule has 1 aromatic rings. The number of carbonyl (C=O) groups excluding carboxylic acids is 1. The molecule has 1 saturated heterocycles. The molecule has 1 aliphatic heterocycles. The van der Waals surface area contributed by atoms with Crippen molar-refractivity contribution < 1.29 is 4.79 Å². The van der Waals surface area contributed by atoms with E-state index in [1.165, 1.54) is 17.5 Å². The predicted octanol–water partition coefficient (Wildman–Crippen LogP) is 2.77. The van der Waals surface area contributed by atoms with E-state index in [4.69, 9.17) is 0 Å². The molecule has 1 aliphatic rings. The second kappa shape index (κ2) is 6.89. The summed E-state index contributed by atoms with van der Waals surface area (Å²) < 4.78 is 0. The SMILES string of the molecule is CCCc1ccc(C(CN2CC(C)CC2=O)NC)cc1. The Labute approximate surface area is 122 Å². The Morgan fingerprint density at radius 2 is 2.05 bits per heavy atom. The summed E-state index contributed by atoms with van der Waals surface area (Å²) >= 11 is 0. The molecule has 2 atom stereocenters. The number of nitrogens with zero attached hydrogens (tertiary/aromatic N) is 1. The summed E-state index contributed by atoms with van der Waals surface area (Å²) in [5.41, 5.74) is 2.65. The minimum absolute atomic E-state index is 0.222. The maximum Gasteiger partial charge on any atom is 0.222 e. The van der Waals surface area contributed by atoms with Gasteiger partial charge in [-0.2, -0.15) is 0 Å². The number of benzene rings is 1. The summed E-state index contributed by atoms with van der Waals surface area (Å²) in [5, 5.41) is 3.34. The highest BCUT2D eigenvalue weighted by Crippen LogP contribution is 2.21. The molecule has 0 aromatic heterocycles. The van der Waals surface area contributed by atoms with Crippen molar-refractivity contribution in [1.29, 1.82) is 0 Å². The summed E-state index contributed by atoms with van der Waals surface area (Å²) in [5.74, 6) is 0.785. The first-order valence-electron chi connectivity index (χ1n) is 7.68. The van der Waals surface area contributed by atoms with Crippen molar-refractivity contribution in [3.05, 3.63) is 35.4 Å². The molecular formula is C17H26N2O. The first-order chi connectivity index (χ1) is 9.63. The fourth-order valence-electron chi connectivity index (χ4n) is 2.94. The van der Waals surface area contributed by atoms with Crippen molar-refractivity contribution in [3.8, 4) is 0 Å². The van der Waals surface area contributed by atoms with Crippen molar-refractivity contribution in [2.45, 2.75) is 39.2 Å². The number of hydrogen-bond donors (Lipinski definition) is 1. The molecule has 3 nitrogen and oxygen atoms in total. The lowest BCUT2D eigenvalue weighted by molar-refractivity contribution is -0.128. The van der Waals surface area contributed by atoms with Gasteiger partial charge in [-0.15, -0.1) is 0 Å². The van der Waals surface area contributed by atoms with Crippen LogP contribution in [0.25, 0.3) is 0 Å². The maximum absolute atomic E-state index is 11.9. The van der Waals surface area contributed by atoms with E-state index >= 15 is 0 Å². The molecule has 2 unspecified atom stereocenters. The van der Waals surface area contributed by atoms with E-state index in [1.807, 2.05) is 11.9 Å². The first-order valence-corrected chi connectivity index (χ1v) is 7.68. The molecule has 20 heavy (non-hydrogen) atoms. The van der Waals surface area contributed by atoms with E-state index in [1.54, 1.807) is 0 Å². The molecule has 110 valence electrons. The van der Waals surface area contributed by atoms with E-state index in [9.17, 15) is 4.79 Å². The average molecular weight is 274 g/mol. The Bertz CT molecular complexity index is 441. The van der Waals surface area contributed by atoms with Crippen molar-refractivity contribution in [2.24, 2.45) is 5.92 Å². The second-order valence-corrected chi connectivity index (χ2v) is 5.94. The van der Waals surface area contributed by atoms with Crippen molar-refractivity contribution in [1.82, 2.24) is 10.2 Å². The maximum atomic E-state index is 11.9. The summed E-state index contributed by atoms with van der Waals surface area (Å²) in [6, 6.07) is 9.02. The Kier molecular flexibility index (Phi) is 5.18. The lowest BCUT2D eigenvalue weighted by atomic mass is 10.0. The highest BCUT2D eigenvalue weighted by atomic mass is 16.2. The predicted molar refractivity (Wildman–Crippen MR) is 82.6 cm³/mol. The van der Waals surface area contributed by atoms with Gasteiger partial charge in [0.2, 0.25) is 5.91 Å². The third-order valence-electron chi connectivity index (χ3n) is 4.08. The number of likely N-dealkylation sites (tertiary alicyclic amines) is 1. The number of rotatable bonds is 6. The van der Waals surface area contributed by atoms with Gasteiger partial charge in [0, 0.05) is 25.6 Å². The number of aryl methyl sites for hydroxylation is 1. The van der Waals surface area contributed by atoms with Crippen LogP contribution in [0.2, 0.25) is 0 Å². The fraction of sp³-hybridized carbons (Fsp3) is 0.588. The Balaban J connectivity index is 2.02. The lowest BCUT2D eigenvalue weighted by Crippen LogP contribution is -2.34. The van der Waals surface area contributed by atoms with E-state index in [0.717, 1.165) is 19.5 Å². The van der Waals surface area contributed by atoms with Gasteiger partial charge in [0.25, 0.3) is 0 Å². The molecule has 1 heterocycles. The minimum atomic E-state index is 0.222. The Morgan fingerprint density at radius 1 is 1.35 bits per heavy atom. The molecule has 0 bridgehead atoms. The van der Waals surface area contributed by atoms with Crippen molar-refractivity contribution >= 4 is 5.91 Å². The number of amides is 1.